The van der Waals surface area contributed by atoms with Gasteiger partial charge in [0.05, 0.1) is 5.75 Å². The van der Waals surface area contributed by atoms with E-state index in [4.69, 9.17) is 0 Å². The molecule has 124 valence electrons. The molecule has 0 saturated carbocycles. The molecule has 6 heteroatoms. The van der Waals surface area contributed by atoms with Crippen LogP contribution in [-0.2, 0) is 21.2 Å². The Morgan fingerprint density at radius 2 is 1.82 bits per heavy atom. The number of aryl methyl sites for hydroxylation is 1. The van der Waals surface area contributed by atoms with Crippen LogP contribution >= 0.6 is 0 Å². The lowest BCUT2D eigenvalue weighted by Crippen LogP contribution is -2.36. The standard InChI is InChI=1S/C16H26N2O3S/c1-4-18(22(20,21)5-2)13-11-16(19)17-12-10-15-8-6-14(3)7-9-15/h6-9H,4-5,10-13H2,1-3H3,(H,17,19). The molecule has 0 aliphatic carbocycles. The molecule has 0 saturated heterocycles. The van der Waals surface area contributed by atoms with Crippen LogP contribution in [0, 0.1) is 6.92 Å². The Bertz CT molecular complexity index is 568. The molecule has 0 spiro atoms. The molecule has 1 aromatic carbocycles. The van der Waals surface area contributed by atoms with Gasteiger partial charge in [-0.15, -0.1) is 0 Å². The van der Waals surface area contributed by atoms with Crippen molar-refractivity contribution < 1.29 is 13.2 Å². The molecule has 1 amide bonds. The summed E-state index contributed by atoms with van der Waals surface area (Å²) in [5.41, 5.74) is 2.39. The second-order valence-corrected chi connectivity index (χ2v) is 7.49. The van der Waals surface area contributed by atoms with Crippen LogP contribution in [0.15, 0.2) is 24.3 Å². The second kappa shape index (κ2) is 8.90. The molecule has 0 bridgehead atoms. The minimum absolute atomic E-state index is 0.0654. The van der Waals surface area contributed by atoms with E-state index in [0.717, 1.165) is 6.42 Å². The molecule has 0 aromatic heterocycles. The van der Waals surface area contributed by atoms with Gasteiger partial charge in [0.2, 0.25) is 15.9 Å². The fourth-order valence-corrected chi connectivity index (χ4v) is 3.22. The van der Waals surface area contributed by atoms with Crippen LogP contribution in [0.2, 0.25) is 0 Å². The molecular weight excluding hydrogens is 300 g/mol. The number of benzene rings is 1. The normalized spacial score (nSPS) is 11.6. The molecule has 1 N–H and O–H groups in total. The summed E-state index contributed by atoms with van der Waals surface area (Å²) in [7, 11) is -3.22. The maximum Gasteiger partial charge on any atom is 0.221 e. The minimum atomic E-state index is -3.22. The van der Waals surface area contributed by atoms with E-state index in [1.54, 1.807) is 13.8 Å². The first kappa shape index (κ1) is 18.6. The third-order valence-electron chi connectivity index (χ3n) is 3.56. The largest absolute Gasteiger partial charge is 0.356 e. The third kappa shape index (κ3) is 6.15. The average molecular weight is 326 g/mol. The van der Waals surface area contributed by atoms with Crippen LogP contribution < -0.4 is 5.32 Å². The predicted molar refractivity (Wildman–Crippen MR) is 89.2 cm³/mol. The van der Waals surface area contributed by atoms with Crippen molar-refractivity contribution >= 4 is 15.9 Å². The summed E-state index contributed by atoms with van der Waals surface area (Å²) in [6.45, 7) is 6.63. The molecule has 1 aromatic rings. The SMILES string of the molecule is CCN(CCC(=O)NCCc1ccc(C)cc1)S(=O)(=O)CC. The van der Waals surface area contributed by atoms with Crippen molar-refractivity contribution in [1.82, 2.24) is 9.62 Å². The fourth-order valence-electron chi connectivity index (χ4n) is 2.09. The summed E-state index contributed by atoms with van der Waals surface area (Å²) in [6.07, 6.45) is 0.970. The molecule has 0 atom stereocenters. The zero-order valence-electron chi connectivity index (χ0n) is 13.6. The number of nitrogens with one attached hydrogen (secondary N) is 1. The van der Waals surface area contributed by atoms with Gasteiger partial charge in [-0.1, -0.05) is 36.8 Å². The summed E-state index contributed by atoms with van der Waals surface area (Å²) >= 11 is 0. The Morgan fingerprint density at radius 3 is 2.36 bits per heavy atom. The van der Waals surface area contributed by atoms with Gasteiger partial charge in [0.25, 0.3) is 0 Å². The van der Waals surface area contributed by atoms with Gasteiger partial charge in [-0.3, -0.25) is 4.79 Å². The summed E-state index contributed by atoms with van der Waals surface area (Å²) < 4.78 is 24.9. The fraction of sp³-hybridized carbons (Fsp3) is 0.562. The van der Waals surface area contributed by atoms with Crippen molar-refractivity contribution in [3.63, 3.8) is 0 Å². The van der Waals surface area contributed by atoms with Crippen LogP contribution in [0.25, 0.3) is 0 Å². The van der Waals surface area contributed by atoms with Gasteiger partial charge in [-0.25, -0.2) is 12.7 Å². The lowest BCUT2D eigenvalue weighted by Gasteiger charge is -2.19. The maximum atomic E-state index is 11.8. The van der Waals surface area contributed by atoms with Crippen molar-refractivity contribution in [2.75, 3.05) is 25.4 Å². The van der Waals surface area contributed by atoms with Crippen molar-refractivity contribution in [3.8, 4) is 0 Å². The van der Waals surface area contributed by atoms with Crippen LogP contribution in [0.1, 0.15) is 31.4 Å². The topological polar surface area (TPSA) is 66.5 Å². The second-order valence-electron chi connectivity index (χ2n) is 5.23. The predicted octanol–water partition coefficient (Wildman–Crippen LogP) is 1.72. The van der Waals surface area contributed by atoms with E-state index in [1.165, 1.54) is 15.4 Å². The van der Waals surface area contributed by atoms with E-state index in [2.05, 4.69) is 5.32 Å². The highest BCUT2D eigenvalue weighted by Gasteiger charge is 2.18. The zero-order chi connectivity index (χ0) is 16.6. The van der Waals surface area contributed by atoms with Crippen LogP contribution in [0.5, 0.6) is 0 Å². The lowest BCUT2D eigenvalue weighted by molar-refractivity contribution is -0.121. The van der Waals surface area contributed by atoms with Gasteiger partial charge in [-0.05, 0) is 25.8 Å². The summed E-state index contributed by atoms with van der Waals surface area (Å²) in [4.78, 5) is 11.8. The van der Waals surface area contributed by atoms with E-state index in [9.17, 15) is 13.2 Å². The van der Waals surface area contributed by atoms with Gasteiger partial charge in [-0.2, -0.15) is 0 Å². The molecule has 0 aliphatic heterocycles. The Labute approximate surface area is 133 Å². The van der Waals surface area contributed by atoms with Crippen molar-refractivity contribution in [1.29, 1.82) is 0 Å². The number of rotatable bonds is 9. The first-order valence-electron chi connectivity index (χ1n) is 7.69. The molecule has 0 fully saturated rings. The van der Waals surface area contributed by atoms with Gasteiger partial charge < -0.3 is 5.32 Å². The number of hydrogen-bond acceptors (Lipinski definition) is 3. The number of nitrogens with zero attached hydrogens (tertiary/aromatic N) is 1. The average Bonchev–Trinajstić information content (AvgIpc) is 2.49. The Hall–Kier alpha value is -1.40. The van der Waals surface area contributed by atoms with E-state index in [1.807, 2.05) is 31.2 Å². The summed E-state index contributed by atoms with van der Waals surface area (Å²) in [5.74, 6) is -0.0487. The molecule has 0 radical (unpaired) electrons. The van der Waals surface area contributed by atoms with Gasteiger partial charge in [0.15, 0.2) is 0 Å². The number of hydrogen-bond donors (Lipinski definition) is 1. The molecule has 0 aliphatic rings. The quantitative estimate of drug-likeness (QED) is 0.751. The van der Waals surface area contributed by atoms with E-state index < -0.39 is 10.0 Å². The summed E-state index contributed by atoms with van der Waals surface area (Å²) in [5, 5.41) is 2.83. The highest BCUT2D eigenvalue weighted by atomic mass is 32.2. The Morgan fingerprint density at radius 1 is 1.18 bits per heavy atom. The molecule has 22 heavy (non-hydrogen) atoms. The van der Waals surface area contributed by atoms with E-state index >= 15 is 0 Å². The summed E-state index contributed by atoms with van der Waals surface area (Å²) in [6, 6.07) is 8.19. The number of carbonyl (C=O) groups excluding carboxylic acids is 1. The first-order chi connectivity index (χ1) is 10.4. The highest BCUT2D eigenvalue weighted by molar-refractivity contribution is 7.89. The number of amides is 1. The van der Waals surface area contributed by atoms with Crippen LogP contribution in [0.3, 0.4) is 0 Å². The molecular formula is C16H26N2O3S. The van der Waals surface area contributed by atoms with Gasteiger partial charge >= 0.3 is 0 Å². The molecule has 5 nitrogen and oxygen atoms in total. The molecule has 1 rings (SSSR count). The maximum absolute atomic E-state index is 11.8. The smallest absolute Gasteiger partial charge is 0.221 e. The van der Waals surface area contributed by atoms with Crippen molar-refractivity contribution in [3.05, 3.63) is 35.4 Å². The van der Waals surface area contributed by atoms with Gasteiger partial charge in [0, 0.05) is 26.1 Å². The number of sulfonamides is 1. The van der Waals surface area contributed by atoms with E-state index in [-0.39, 0.29) is 24.6 Å². The molecule has 0 heterocycles. The molecule has 0 unspecified atom stereocenters. The lowest BCUT2D eigenvalue weighted by atomic mass is 10.1. The third-order valence-corrected chi connectivity index (χ3v) is 5.51. The number of carbonyl (C=O) groups is 1. The minimum Gasteiger partial charge on any atom is -0.356 e. The first-order valence-corrected chi connectivity index (χ1v) is 9.30. The monoisotopic (exact) mass is 326 g/mol. The van der Waals surface area contributed by atoms with Crippen molar-refractivity contribution in [2.24, 2.45) is 0 Å². The van der Waals surface area contributed by atoms with Crippen LogP contribution in [0.4, 0.5) is 0 Å². The van der Waals surface area contributed by atoms with Crippen molar-refractivity contribution in [2.45, 2.75) is 33.6 Å². The highest BCUT2D eigenvalue weighted by Crippen LogP contribution is 2.04. The van der Waals surface area contributed by atoms with E-state index in [0.29, 0.717) is 13.1 Å². The van der Waals surface area contributed by atoms with Gasteiger partial charge in [0.1, 0.15) is 0 Å². The Kier molecular flexibility index (Phi) is 7.55. The zero-order valence-corrected chi connectivity index (χ0v) is 14.4. The van der Waals surface area contributed by atoms with Crippen LogP contribution in [-0.4, -0.2) is 44.0 Å². The Balaban J connectivity index is 2.33.